The summed E-state index contributed by atoms with van der Waals surface area (Å²) < 4.78 is 0. The molecule has 1 unspecified atom stereocenters. The van der Waals surface area contributed by atoms with Gasteiger partial charge in [-0.1, -0.05) is 12.1 Å². The van der Waals surface area contributed by atoms with E-state index in [4.69, 9.17) is 5.26 Å². The Morgan fingerprint density at radius 2 is 1.88 bits per heavy atom. The molecule has 17 heavy (non-hydrogen) atoms. The average Bonchev–Trinajstić information content (AvgIpc) is 2.77. The van der Waals surface area contributed by atoms with Crippen molar-refractivity contribution in [1.29, 1.82) is 5.26 Å². The van der Waals surface area contributed by atoms with Crippen LogP contribution in [0.25, 0.3) is 0 Å². The molecule has 1 aromatic carbocycles. The van der Waals surface area contributed by atoms with Crippen molar-refractivity contribution in [3.05, 3.63) is 57.3 Å². The smallest absolute Gasteiger partial charge is 0.113 e. The molecular weight excluding hydrogens is 230 g/mol. The predicted octanol–water partition coefficient (Wildman–Crippen LogP) is 3.18. The van der Waals surface area contributed by atoms with Crippen molar-refractivity contribution < 1.29 is 5.11 Å². The van der Waals surface area contributed by atoms with Gasteiger partial charge < -0.3 is 5.11 Å². The fourth-order valence-electron chi connectivity index (χ4n) is 1.73. The van der Waals surface area contributed by atoms with Gasteiger partial charge in [0.2, 0.25) is 0 Å². The summed E-state index contributed by atoms with van der Waals surface area (Å²) in [6.07, 6.45) is 0. The number of nitriles is 1. The Bertz CT molecular complexity index is 561. The highest BCUT2D eigenvalue weighted by atomic mass is 32.1. The Labute approximate surface area is 105 Å². The largest absolute Gasteiger partial charge is 0.381 e. The van der Waals surface area contributed by atoms with Crippen molar-refractivity contribution in [3.63, 3.8) is 0 Å². The number of aryl methyl sites for hydroxylation is 1. The van der Waals surface area contributed by atoms with Gasteiger partial charge in [-0.2, -0.15) is 5.26 Å². The molecule has 86 valence electrons. The average molecular weight is 243 g/mol. The number of nitrogens with zero attached hydrogens (tertiary/aromatic N) is 1. The van der Waals surface area contributed by atoms with E-state index in [9.17, 15) is 5.11 Å². The van der Waals surface area contributed by atoms with Crippen molar-refractivity contribution in [1.82, 2.24) is 0 Å². The highest BCUT2D eigenvalue weighted by Gasteiger charge is 2.26. The molecule has 1 N–H and O–H groups in total. The fraction of sp³-hybridized carbons (Fsp3) is 0.214. The number of rotatable bonds is 2. The van der Waals surface area contributed by atoms with Crippen molar-refractivity contribution in [2.45, 2.75) is 19.4 Å². The Morgan fingerprint density at radius 1 is 1.24 bits per heavy atom. The maximum absolute atomic E-state index is 10.6. The standard InChI is InChI=1S/C14H13NOS/c1-10-7-13(9-17-10)14(2,16)12-5-3-11(8-15)4-6-12/h3-7,9,16H,1-2H3. The van der Waals surface area contributed by atoms with Crippen LogP contribution in [-0.4, -0.2) is 5.11 Å². The molecule has 0 spiro atoms. The van der Waals surface area contributed by atoms with E-state index >= 15 is 0 Å². The molecule has 0 aliphatic carbocycles. The minimum absolute atomic E-state index is 0.603. The Kier molecular flexibility index (Phi) is 3.01. The zero-order valence-electron chi connectivity index (χ0n) is 9.77. The van der Waals surface area contributed by atoms with Crippen LogP contribution in [0.1, 0.15) is 28.5 Å². The van der Waals surface area contributed by atoms with Crippen molar-refractivity contribution in [2.75, 3.05) is 0 Å². The minimum atomic E-state index is -1.00. The first-order valence-electron chi connectivity index (χ1n) is 5.32. The van der Waals surface area contributed by atoms with Gasteiger partial charge in [0, 0.05) is 4.88 Å². The molecule has 3 heteroatoms. The molecular formula is C14H13NOS. The first kappa shape index (κ1) is 11.8. The van der Waals surface area contributed by atoms with Crippen LogP contribution >= 0.6 is 11.3 Å². The van der Waals surface area contributed by atoms with Gasteiger partial charge in [-0.25, -0.2) is 0 Å². The third kappa shape index (κ3) is 2.23. The molecule has 1 atom stereocenters. The van der Waals surface area contributed by atoms with E-state index in [1.165, 1.54) is 4.88 Å². The lowest BCUT2D eigenvalue weighted by Gasteiger charge is -2.23. The molecule has 0 radical (unpaired) electrons. The summed E-state index contributed by atoms with van der Waals surface area (Å²) in [6.45, 7) is 3.79. The van der Waals surface area contributed by atoms with Crippen molar-refractivity contribution >= 4 is 11.3 Å². The van der Waals surface area contributed by atoms with Gasteiger partial charge in [0.1, 0.15) is 5.60 Å². The first-order chi connectivity index (χ1) is 8.04. The van der Waals surface area contributed by atoms with E-state index in [1.54, 1.807) is 42.5 Å². The molecule has 0 fully saturated rings. The van der Waals surface area contributed by atoms with Gasteiger partial charge in [-0.3, -0.25) is 0 Å². The van der Waals surface area contributed by atoms with Crippen LogP contribution in [0.5, 0.6) is 0 Å². The van der Waals surface area contributed by atoms with Crippen molar-refractivity contribution in [2.24, 2.45) is 0 Å². The Balaban J connectivity index is 2.41. The lowest BCUT2D eigenvalue weighted by atomic mass is 9.89. The van der Waals surface area contributed by atoms with E-state index in [2.05, 4.69) is 6.07 Å². The van der Waals surface area contributed by atoms with Gasteiger partial charge in [0.25, 0.3) is 0 Å². The molecule has 2 nitrogen and oxygen atoms in total. The third-order valence-electron chi connectivity index (χ3n) is 2.87. The SMILES string of the molecule is Cc1cc(C(C)(O)c2ccc(C#N)cc2)cs1. The summed E-state index contributed by atoms with van der Waals surface area (Å²) in [5, 5.41) is 21.3. The Hall–Kier alpha value is -1.63. The second-order valence-corrected chi connectivity index (χ2v) is 5.32. The maximum Gasteiger partial charge on any atom is 0.113 e. The quantitative estimate of drug-likeness (QED) is 0.880. The van der Waals surface area contributed by atoms with Gasteiger partial charge in [-0.05, 0) is 48.6 Å². The van der Waals surface area contributed by atoms with Gasteiger partial charge >= 0.3 is 0 Å². The van der Waals surface area contributed by atoms with Gasteiger partial charge in [0.05, 0.1) is 11.6 Å². The summed E-state index contributed by atoms with van der Waals surface area (Å²) in [5.41, 5.74) is 1.30. The molecule has 0 bridgehead atoms. The van der Waals surface area contributed by atoms with Crippen LogP contribution in [0.2, 0.25) is 0 Å². The topological polar surface area (TPSA) is 44.0 Å². The second kappa shape index (κ2) is 4.33. The summed E-state index contributed by atoms with van der Waals surface area (Å²) >= 11 is 1.62. The summed E-state index contributed by atoms with van der Waals surface area (Å²) in [5.74, 6) is 0. The lowest BCUT2D eigenvalue weighted by Crippen LogP contribution is -2.21. The van der Waals surface area contributed by atoms with Crippen LogP contribution < -0.4 is 0 Å². The normalized spacial score (nSPS) is 14.0. The minimum Gasteiger partial charge on any atom is -0.381 e. The highest BCUT2D eigenvalue weighted by Crippen LogP contribution is 2.32. The molecule has 2 aromatic rings. The van der Waals surface area contributed by atoms with E-state index in [0.29, 0.717) is 5.56 Å². The molecule has 0 aliphatic rings. The van der Waals surface area contributed by atoms with Gasteiger partial charge in [-0.15, -0.1) is 11.3 Å². The van der Waals surface area contributed by atoms with Crippen LogP contribution in [0.15, 0.2) is 35.7 Å². The number of thiophene rings is 1. The van der Waals surface area contributed by atoms with E-state index in [1.807, 2.05) is 18.4 Å². The molecule has 1 aromatic heterocycles. The first-order valence-corrected chi connectivity index (χ1v) is 6.20. The molecule has 0 saturated carbocycles. The molecule has 1 heterocycles. The summed E-state index contributed by atoms with van der Waals surface area (Å²) in [4.78, 5) is 1.17. The van der Waals surface area contributed by atoms with Crippen LogP contribution in [0, 0.1) is 18.3 Å². The highest BCUT2D eigenvalue weighted by molar-refractivity contribution is 7.10. The van der Waals surface area contributed by atoms with Crippen LogP contribution in [-0.2, 0) is 5.60 Å². The van der Waals surface area contributed by atoms with Crippen LogP contribution in [0.3, 0.4) is 0 Å². The fourth-order valence-corrected chi connectivity index (χ4v) is 2.54. The molecule has 2 rings (SSSR count). The number of benzene rings is 1. The van der Waals surface area contributed by atoms with Crippen LogP contribution in [0.4, 0.5) is 0 Å². The number of hydrogen-bond donors (Lipinski definition) is 1. The Morgan fingerprint density at radius 3 is 2.35 bits per heavy atom. The molecule has 0 aliphatic heterocycles. The third-order valence-corrected chi connectivity index (χ3v) is 3.73. The second-order valence-electron chi connectivity index (χ2n) is 4.21. The number of hydrogen-bond acceptors (Lipinski definition) is 3. The lowest BCUT2D eigenvalue weighted by molar-refractivity contribution is 0.103. The molecule has 0 amide bonds. The zero-order chi connectivity index (χ0) is 12.5. The van der Waals surface area contributed by atoms with E-state index in [0.717, 1.165) is 11.1 Å². The predicted molar refractivity (Wildman–Crippen MR) is 68.9 cm³/mol. The number of aliphatic hydroxyl groups is 1. The van der Waals surface area contributed by atoms with Crippen molar-refractivity contribution in [3.8, 4) is 6.07 Å². The van der Waals surface area contributed by atoms with E-state index < -0.39 is 5.60 Å². The zero-order valence-corrected chi connectivity index (χ0v) is 10.6. The van der Waals surface area contributed by atoms with E-state index in [-0.39, 0.29) is 0 Å². The maximum atomic E-state index is 10.6. The monoisotopic (exact) mass is 243 g/mol. The summed E-state index contributed by atoms with van der Waals surface area (Å²) in [7, 11) is 0. The summed E-state index contributed by atoms with van der Waals surface area (Å²) in [6, 6.07) is 11.1. The van der Waals surface area contributed by atoms with Gasteiger partial charge in [0.15, 0.2) is 0 Å². The molecule has 0 saturated heterocycles.